The summed E-state index contributed by atoms with van der Waals surface area (Å²) in [4.78, 5) is 0. The lowest BCUT2D eigenvalue weighted by atomic mass is 9.78. The van der Waals surface area contributed by atoms with Crippen LogP contribution in [0.1, 0.15) is 46.0 Å². The Morgan fingerprint density at radius 1 is 1.53 bits per heavy atom. The van der Waals surface area contributed by atoms with Crippen LogP contribution in [0, 0.1) is 5.92 Å². The molecule has 1 N–H and O–H groups in total. The molecule has 1 unspecified atom stereocenters. The molecule has 0 heterocycles. The van der Waals surface area contributed by atoms with Crippen LogP contribution in [0.2, 0.25) is 0 Å². The first-order valence-corrected chi connectivity index (χ1v) is 6.05. The highest BCUT2D eigenvalue weighted by Crippen LogP contribution is 2.34. The van der Waals surface area contributed by atoms with Gasteiger partial charge in [-0.1, -0.05) is 5.57 Å². The fourth-order valence-electron chi connectivity index (χ4n) is 2.15. The van der Waals surface area contributed by atoms with Crippen LogP contribution in [0.3, 0.4) is 0 Å². The van der Waals surface area contributed by atoms with Crippen molar-refractivity contribution in [2.45, 2.75) is 58.2 Å². The van der Waals surface area contributed by atoms with Crippen LogP contribution in [0.4, 0.5) is 0 Å². The van der Waals surface area contributed by atoms with Crippen molar-refractivity contribution < 1.29 is 9.84 Å². The van der Waals surface area contributed by atoms with E-state index >= 15 is 0 Å². The minimum atomic E-state index is -0.144. The molecular weight excluding hydrogens is 188 g/mol. The van der Waals surface area contributed by atoms with Crippen LogP contribution in [0.15, 0.2) is 12.2 Å². The summed E-state index contributed by atoms with van der Waals surface area (Å²) in [5.74, 6) is 0.682. The third-order valence-electron chi connectivity index (χ3n) is 3.10. The van der Waals surface area contributed by atoms with Gasteiger partial charge in [0.2, 0.25) is 0 Å². The SMILES string of the molecule is C=C(C)CCC(O)CC1CC(OCC)C1. The molecule has 0 amide bonds. The van der Waals surface area contributed by atoms with Crippen molar-refractivity contribution >= 4 is 0 Å². The monoisotopic (exact) mass is 212 g/mol. The van der Waals surface area contributed by atoms with Crippen LogP contribution >= 0.6 is 0 Å². The predicted octanol–water partition coefficient (Wildman–Crippen LogP) is 2.91. The van der Waals surface area contributed by atoms with Gasteiger partial charge in [0.1, 0.15) is 0 Å². The maximum atomic E-state index is 9.77. The van der Waals surface area contributed by atoms with Crippen LogP contribution in [0.5, 0.6) is 0 Å². The van der Waals surface area contributed by atoms with Gasteiger partial charge in [-0.15, -0.1) is 6.58 Å². The van der Waals surface area contributed by atoms with Gasteiger partial charge < -0.3 is 9.84 Å². The number of ether oxygens (including phenoxy) is 1. The number of aliphatic hydroxyl groups is 1. The van der Waals surface area contributed by atoms with E-state index in [1.165, 1.54) is 0 Å². The summed E-state index contributed by atoms with van der Waals surface area (Å²) in [5.41, 5.74) is 1.16. The van der Waals surface area contributed by atoms with Crippen LogP contribution in [0.25, 0.3) is 0 Å². The van der Waals surface area contributed by atoms with E-state index in [0.29, 0.717) is 12.0 Å². The second-order valence-corrected chi connectivity index (χ2v) is 4.80. The van der Waals surface area contributed by atoms with E-state index in [1.807, 2.05) is 13.8 Å². The average molecular weight is 212 g/mol. The van der Waals surface area contributed by atoms with Crippen molar-refractivity contribution in [2.24, 2.45) is 5.92 Å². The van der Waals surface area contributed by atoms with Gasteiger partial charge in [-0.3, -0.25) is 0 Å². The van der Waals surface area contributed by atoms with Gasteiger partial charge in [0.25, 0.3) is 0 Å². The van der Waals surface area contributed by atoms with Crippen LogP contribution < -0.4 is 0 Å². The molecule has 0 radical (unpaired) electrons. The Balaban J connectivity index is 2.03. The topological polar surface area (TPSA) is 29.5 Å². The normalized spacial score (nSPS) is 27.1. The molecule has 1 saturated carbocycles. The number of allylic oxidation sites excluding steroid dienone is 1. The first-order valence-electron chi connectivity index (χ1n) is 6.05. The van der Waals surface area contributed by atoms with Gasteiger partial charge in [-0.25, -0.2) is 0 Å². The molecule has 0 saturated heterocycles. The van der Waals surface area contributed by atoms with Crippen LogP contribution in [-0.4, -0.2) is 23.9 Å². The molecule has 0 aromatic heterocycles. The predicted molar refractivity (Wildman–Crippen MR) is 62.8 cm³/mol. The molecule has 15 heavy (non-hydrogen) atoms. The van der Waals surface area contributed by atoms with Crippen molar-refractivity contribution in [2.75, 3.05) is 6.61 Å². The van der Waals surface area contributed by atoms with Crippen molar-refractivity contribution in [3.63, 3.8) is 0 Å². The second kappa shape index (κ2) is 6.29. The molecule has 0 spiro atoms. The summed E-state index contributed by atoms with van der Waals surface area (Å²) in [7, 11) is 0. The second-order valence-electron chi connectivity index (χ2n) is 4.80. The average Bonchev–Trinajstić information content (AvgIpc) is 2.11. The largest absolute Gasteiger partial charge is 0.393 e. The van der Waals surface area contributed by atoms with Crippen molar-refractivity contribution in [1.82, 2.24) is 0 Å². The third kappa shape index (κ3) is 4.80. The summed E-state index contributed by atoms with van der Waals surface area (Å²) in [6.07, 6.45) is 5.35. The zero-order valence-corrected chi connectivity index (χ0v) is 10.0. The van der Waals surface area contributed by atoms with E-state index in [0.717, 1.165) is 44.3 Å². The van der Waals surface area contributed by atoms with E-state index in [-0.39, 0.29) is 6.10 Å². The van der Waals surface area contributed by atoms with E-state index in [2.05, 4.69) is 6.58 Å². The zero-order chi connectivity index (χ0) is 11.3. The van der Waals surface area contributed by atoms with E-state index in [1.54, 1.807) is 0 Å². The summed E-state index contributed by atoms with van der Waals surface area (Å²) < 4.78 is 5.49. The lowest BCUT2D eigenvalue weighted by molar-refractivity contribution is -0.0382. The molecule has 2 heteroatoms. The minimum absolute atomic E-state index is 0.144. The lowest BCUT2D eigenvalue weighted by Crippen LogP contribution is -2.33. The minimum Gasteiger partial charge on any atom is -0.393 e. The quantitative estimate of drug-likeness (QED) is 0.657. The first-order chi connectivity index (χ1) is 7.11. The Hall–Kier alpha value is -0.340. The highest BCUT2D eigenvalue weighted by atomic mass is 16.5. The third-order valence-corrected chi connectivity index (χ3v) is 3.10. The van der Waals surface area contributed by atoms with E-state index < -0.39 is 0 Å². The Labute approximate surface area is 93.3 Å². The van der Waals surface area contributed by atoms with Gasteiger partial charge in [-0.2, -0.15) is 0 Å². The Bertz CT molecular complexity index is 195. The molecule has 1 aliphatic rings. The Morgan fingerprint density at radius 2 is 2.20 bits per heavy atom. The molecule has 0 bridgehead atoms. The van der Waals surface area contributed by atoms with Crippen molar-refractivity contribution in [3.05, 3.63) is 12.2 Å². The Kier molecular flexibility index (Phi) is 5.34. The first kappa shape index (κ1) is 12.7. The highest BCUT2D eigenvalue weighted by molar-refractivity contribution is 4.89. The smallest absolute Gasteiger partial charge is 0.0580 e. The number of aliphatic hydroxyl groups excluding tert-OH is 1. The molecule has 1 aliphatic carbocycles. The van der Waals surface area contributed by atoms with Gasteiger partial charge in [0.15, 0.2) is 0 Å². The maximum absolute atomic E-state index is 9.77. The molecule has 1 fully saturated rings. The van der Waals surface area contributed by atoms with Gasteiger partial charge in [0, 0.05) is 6.61 Å². The van der Waals surface area contributed by atoms with Crippen molar-refractivity contribution in [1.29, 1.82) is 0 Å². The molecule has 0 aromatic rings. The molecule has 0 aliphatic heterocycles. The van der Waals surface area contributed by atoms with Gasteiger partial charge in [0.05, 0.1) is 12.2 Å². The number of rotatable bonds is 7. The fourth-order valence-corrected chi connectivity index (χ4v) is 2.15. The highest BCUT2D eigenvalue weighted by Gasteiger charge is 2.30. The molecule has 0 aromatic carbocycles. The number of hydrogen-bond donors (Lipinski definition) is 1. The maximum Gasteiger partial charge on any atom is 0.0580 e. The zero-order valence-electron chi connectivity index (χ0n) is 10.0. The molecule has 88 valence electrons. The van der Waals surface area contributed by atoms with Gasteiger partial charge >= 0.3 is 0 Å². The summed E-state index contributed by atoms with van der Waals surface area (Å²) in [5, 5.41) is 9.77. The van der Waals surface area contributed by atoms with Crippen molar-refractivity contribution in [3.8, 4) is 0 Å². The lowest BCUT2D eigenvalue weighted by Gasteiger charge is -2.36. The summed E-state index contributed by atoms with van der Waals surface area (Å²) in [6, 6.07) is 0. The molecule has 1 atom stereocenters. The summed E-state index contributed by atoms with van der Waals surface area (Å²) in [6.45, 7) is 8.71. The van der Waals surface area contributed by atoms with Crippen LogP contribution in [-0.2, 0) is 4.74 Å². The fraction of sp³-hybridized carbons (Fsp3) is 0.846. The number of hydrogen-bond acceptors (Lipinski definition) is 2. The molecule has 2 nitrogen and oxygen atoms in total. The van der Waals surface area contributed by atoms with Gasteiger partial charge in [-0.05, 0) is 51.9 Å². The Morgan fingerprint density at radius 3 is 2.73 bits per heavy atom. The molecular formula is C13H24O2. The van der Waals surface area contributed by atoms with E-state index in [9.17, 15) is 5.11 Å². The summed E-state index contributed by atoms with van der Waals surface area (Å²) >= 11 is 0. The molecule has 1 rings (SSSR count). The standard InChI is InChI=1S/C13H24O2/c1-4-15-13-8-11(9-13)7-12(14)6-5-10(2)3/h11-14H,2,4-9H2,1,3H3. The van der Waals surface area contributed by atoms with E-state index in [4.69, 9.17) is 4.74 Å².